The zero-order valence-electron chi connectivity index (χ0n) is 11.8. The molecule has 0 saturated carbocycles. The largest absolute Gasteiger partial charge is 0.412 e. The van der Waals surface area contributed by atoms with E-state index in [2.05, 4.69) is 11.8 Å². The first-order valence-electron chi connectivity index (χ1n) is 7.03. The lowest BCUT2D eigenvalue weighted by atomic mass is 10.00. The van der Waals surface area contributed by atoms with Crippen LogP contribution in [-0.4, -0.2) is 36.8 Å². The Bertz CT molecular complexity index is 298. The van der Waals surface area contributed by atoms with E-state index in [1.54, 1.807) is 0 Å². The van der Waals surface area contributed by atoms with E-state index < -0.39 is 6.18 Å². The van der Waals surface area contributed by atoms with Crippen molar-refractivity contribution in [1.29, 1.82) is 0 Å². The average Bonchev–Trinajstić information content (AvgIpc) is 2.27. The van der Waals surface area contributed by atoms with Crippen molar-refractivity contribution in [3.8, 4) is 0 Å². The molecule has 0 aromatic carbocycles. The van der Waals surface area contributed by atoms with E-state index in [4.69, 9.17) is 5.73 Å². The minimum absolute atomic E-state index is 0.121. The maximum atomic E-state index is 12.5. The summed E-state index contributed by atoms with van der Waals surface area (Å²) >= 11 is 0. The highest BCUT2D eigenvalue weighted by atomic mass is 19.4. The second kappa shape index (κ2) is 7.29. The first-order chi connectivity index (χ1) is 8.79. The standard InChI is InChI=1S/C14H25F3N2/c1-11(4-3-5-12(2)18)10-19-8-6-13(7-9-19)14(15,16)17/h6,11-12H,3-5,7-10,18H2,1-2H3. The second-order valence-electron chi connectivity index (χ2n) is 5.75. The van der Waals surface area contributed by atoms with Gasteiger partial charge in [0.25, 0.3) is 0 Å². The third kappa shape index (κ3) is 6.43. The molecule has 112 valence electrons. The van der Waals surface area contributed by atoms with Crippen LogP contribution in [0.15, 0.2) is 11.6 Å². The summed E-state index contributed by atoms with van der Waals surface area (Å²) in [6.07, 6.45) is 0.510. The molecule has 0 aromatic heterocycles. The lowest BCUT2D eigenvalue weighted by molar-refractivity contribution is -0.0960. The molecule has 2 atom stereocenters. The number of nitrogens with zero attached hydrogens (tertiary/aromatic N) is 1. The Morgan fingerprint density at radius 1 is 1.32 bits per heavy atom. The van der Waals surface area contributed by atoms with Gasteiger partial charge in [0.05, 0.1) is 0 Å². The van der Waals surface area contributed by atoms with Crippen LogP contribution in [0, 0.1) is 5.92 Å². The molecule has 0 bridgehead atoms. The Morgan fingerprint density at radius 3 is 2.47 bits per heavy atom. The molecule has 0 saturated heterocycles. The lowest BCUT2D eigenvalue weighted by Crippen LogP contribution is -2.35. The average molecular weight is 278 g/mol. The van der Waals surface area contributed by atoms with Crippen molar-refractivity contribution in [3.63, 3.8) is 0 Å². The van der Waals surface area contributed by atoms with Crippen LogP contribution in [0.5, 0.6) is 0 Å². The van der Waals surface area contributed by atoms with Crippen molar-refractivity contribution in [1.82, 2.24) is 4.90 Å². The van der Waals surface area contributed by atoms with Crippen LogP contribution in [0.3, 0.4) is 0 Å². The van der Waals surface area contributed by atoms with Gasteiger partial charge in [0.2, 0.25) is 0 Å². The van der Waals surface area contributed by atoms with Crippen molar-refractivity contribution in [2.24, 2.45) is 11.7 Å². The Morgan fingerprint density at radius 2 is 2.00 bits per heavy atom. The van der Waals surface area contributed by atoms with Gasteiger partial charge < -0.3 is 5.73 Å². The summed E-state index contributed by atoms with van der Waals surface area (Å²) < 4.78 is 37.4. The van der Waals surface area contributed by atoms with E-state index in [9.17, 15) is 13.2 Å². The fourth-order valence-electron chi connectivity index (χ4n) is 2.45. The maximum Gasteiger partial charge on any atom is 0.412 e. The molecule has 1 aliphatic heterocycles. The van der Waals surface area contributed by atoms with Crippen molar-refractivity contribution >= 4 is 0 Å². The van der Waals surface area contributed by atoms with Gasteiger partial charge in [-0.25, -0.2) is 0 Å². The summed E-state index contributed by atoms with van der Waals surface area (Å²) in [5, 5.41) is 0. The fourth-order valence-corrected chi connectivity index (χ4v) is 2.45. The molecule has 0 fully saturated rings. The van der Waals surface area contributed by atoms with Crippen LogP contribution >= 0.6 is 0 Å². The zero-order chi connectivity index (χ0) is 14.5. The van der Waals surface area contributed by atoms with E-state index >= 15 is 0 Å². The molecule has 0 aromatic rings. The summed E-state index contributed by atoms with van der Waals surface area (Å²) in [4.78, 5) is 2.10. The summed E-state index contributed by atoms with van der Waals surface area (Å²) in [6.45, 7) is 5.97. The Labute approximate surface area is 113 Å². The highest BCUT2D eigenvalue weighted by molar-refractivity contribution is 5.13. The van der Waals surface area contributed by atoms with E-state index in [1.165, 1.54) is 6.08 Å². The van der Waals surface area contributed by atoms with Crippen LogP contribution in [0.2, 0.25) is 0 Å². The smallest absolute Gasteiger partial charge is 0.328 e. The van der Waals surface area contributed by atoms with Gasteiger partial charge in [0.15, 0.2) is 0 Å². The molecule has 1 rings (SSSR count). The molecular weight excluding hydrogens is 253 g/mol. The van der Waals surface area contributed by atoms with Crippen molar-refractivity contribution in [2.75, 3.05) is 19.6 Å². The monoisotopic (exact) mass is 278 g/mol. The van der Waals surface area contributed by atoms with E-state index in [-0.39, 0.29) is 18.0 Å². The van der Waals surface area contributed by atoms with E-state index in [0.29, 0.717) is 19.0 Å². The maximum absolute atomic E-state index is 12.5. The van der Waals surface area contributed by atoms with Gasteiger partial charge in [-0.05, 0) is 32.1 Å². The SMILES string of the molecule is CC(N)CCCC(C)CN1CC=C(C(F)(F)F)CC1. The van der Waals surface area contributed by atoms with Gasteiger partial charge >= 0.3 is 6.18 Å². The predicted octanol–water partition coefficient (Wildman–Crippen LogP) is 3.33. The van der Waals surface area contributed by atoms with Gasteiger partial charge in [0, 0.05) is 31.2 Å². The van der Waals surface area contributed by atoms with Crippen molar-refractivity contribution in [3.05, 3.63) is 11.6 Å². The molecule has 0 radical (unpaired) electrons. The summed E-state index contributed by atoms with van der Waals surface area (Å²) in [5.74, 6) is 0.514. The Kier molecular flexibility index (Phi) is 6.33. The minimum atomic E-state index is -4.14. The van der Waals surface area contributed by atoms with Gasteiger partial charge in [-0.3, -0.25) is 4.90 Å². The van der Waals surface area contributed by atoms with Crippen molar-refractivity contribution in [2.45, 2.75) is 51.7 Å². The normalized spacial score (nSPS) is 21.1. The first-order valence-corrected chi connectivity index (χ1v) is 7.03. The fraction of sp³-hybridized carbons (Fsp3) is 0.857. The summed E-state index contributed by atoms with van der Waals surface area (Å²) in [6, 6.07) is 0.236. The second-order valence-corrected chi connectivity index (χ2v) is 5.75. The third-order valence-corrected chi connectivity index (χ3v) is 3.58. The van der Waals surface area contributed by atoms with Crippen molar-refractivity contribution < 1.29 is 13.2 Å². The van der Waals surface area contributed by atoms with Crippen LogP contribution < -0.4 is 5.73 Å². The number of hydrogen-bond donors (Lipinski definition) is 1. The van der Waals surface area contributed by atoms with E-state index in [0.717, 1.165) is 25.8 Å². The summed E-state index contributed by atoms with van der Waals surface area (Å²) in [5.41, 5.74) is 5.33. The zero-order valence-corrected chi connectivity index (χ0v) is 11.8. The minimum Gasteiger partial charge on any atom is -0.328 e. The van der Waals surface area contributed by atoms with Crippen LogP contribution in [0.4, 0.5) is 13.2 Å². The Hall–Kier alpha value is -0.550. The van der Waals surface area contributed by atoms with Gasteiger partial charge in [0.1, 0.15) is 0 Å². The predicted molar refractivity (Wildman–Crippen MR) is 71.9 cm³/mol. The molecule has 0 amide bonds. The number of hydrogen-bond acceptors (Lipinski definition) is 2. The molecule has 2 unspecified atom stereocenters. The van der Waals surface area contributed by atoms with Gasteiger partial charge in [-0.15, -0.1) is 0 Å². The first kappa shape index (κ1) is 16.5. The van der Waals surface area contributed by atoms with Crippen LogP contribution in [-0.2, 0) is 0 Å². The van der Waals surface area contributed by atoms with Gasteiger partial charge in [-0.1, -0.05) is 19.4 Å². The molecule has 1 aliphatic rings. The lowest BCUT2D eigenvalue weighted by Gasteiger charge is -2.29. The quantitative estimate of drug-likeness (QED) is 0.755. The molecule has 1 heterocycles. The number of alkyl halides is 3. The van der Waals surface area contributed by atoms with Crippen LogP contribution in [0.25, 0.3) is 0 Å². The topological polar surface area (TPSA) is 29.3 Å². The molecule has 0 spiro atoms. The number of nitrogens with two attached hydrogens (primary N) is 1. The molecule has 2 nitrogen and oxygen atoms in total. The highest BCUT2D eigenvalue weighted by Gasteiger charge is 2.34. The molecule has 19 heavy (non-hydrogen) atoms. The third-order valence-electron chi connectivity index (χ3n) is 3.58. The molecule has 5 heteroatoms. The number of rotatable bonds is 6. The Balaban J connectivity index is 2.27. The molecule has 0 aliphatic carbocycles. The molecule has 2 N–H and O–H groups in total. The van der Waals surface area contributed by atoms with Crippen LogP contribution in [0.1, 0.15) is 39.5 Å². The van der Waals surface area contributed by atoms with Gasteiger partial charge in [-0.2, -0.15) is 13.2 Å². The highest BCUT2D eigenvalue weighted by Crippen LogP contribution is 2.30. The molecular formula is C14H25F3N2. The summed E-state index contributed by atoms with van der Waals surface area (Å²) in [7, 11) is 0. The number of halogens is 3. The van der Waals surface area contributed by atoms with E-state index in [1.807, 2.05) is 6.92 Å².